The fourth-order valence-corrected chi connectivity index (χ4v) is 5.26. The average Bonchev–Trinajstić information content (AvgIpc) is 2.79. The van der Waals surface area contributed by atoms with E-state index in [4.69, 9.17) is 10.5 Å². The number of nitrogens with one attached hydrogen (secondary N) is 1. The smallest absolute Gasteiger partial charge is 0.256 e. The van der Waals surface area contributed by atoms with E-state index in [9.17, 15) is 13.2 Å². The number of nitrogens with two attached hydrogens (primary N) is 1. The first-order valence-electron chi connectivity index (χ1n) is 9.00. The summed E-state index contributed by atoms with van der Waals surface area (Å²) in [5, 5.41) is 3.15. The average molecular weight is 381 g/mol. The number of piperidine rings is 1. The Labute approximate surface area is 154 Å². The summed E-state index contributed by atoms with van der Waals surface area (Å²) in [5.41, 5.74) is 5.82. The van der Waals surface area contributed by atoms with Gasteiger partial charge in [-0.05, 0) is 45.2 Å². The topological polar surface area (TPSA) is 102 Å². The van der Waals surface area contributed by atoms with Gasteiger partial charge in [-0.3, -0.25) is 9.69 Å². The molecule has 2 heterocycles. The number of sulfone groups is 1. The van der Waals surface area contributed by atoms with Crippen molar-refractivity contribution in [1.29, 1.82) is 0 Å². The van der Waals surface area contributed by atoms with Gasteiger partial charge < -0.3 is 15.8 Å². The van der Waals surface area contributed by atoms with Crippen molar-refractivity contribution in [1.82, 2.24) is 10.2 Å². The van der Waals surface area contributed by atoms with Crippen LogP contribution in [0.4, 0.5) is 5.69 Å². The van der Waals surface area contributed by atoms with E-state index in [-0.39, 0.29) is 39.2 Å². The molecule has 0 aromatic heterocycles. The largest absolute Gasteiger partial charge is 0.496 e. The molecular weight excluding hydrogens is 354 g/mol. The van der Waals surface area contributed by atoms with Crippen molar-refractivity contribution in [3.05, 3.63) is 17.7 Å². The molecule has 2 aliphatic heterocycles. The van der Waals surface area contributed by atoms with Crippen LogP contribution in [-0.4, -0.2) is 50.8 Å². The summed E-state index contributed by atoms with van der Waals surface area (Å²) in [7, 11) is -0.0507. The minimum absolute atomic E-state index is 0.0234. The van der Waals surface area contributed by atoms with Crippen LogP contribution in [0.3, 0.4) is 0 Å². The van der Waals surface area contributed by atoms with Crippen molar-refractivity contribution in [2.24, 2.45) is 0 Å². The third-order valence-corrected chi connectivity index (χ3v) is 7.66. The fraction of sp³-hybridized carbons (Fsp3) is 0.611. The van der Waals surface area contributed by atoms with E-state index >= 15 is 0 Å². The summed E-state index contributed by atoms with van der Waals surface area (Å²) in [6, 6.07) is 3.25. The molecule has 2 fully saturated rings. The number of amides is 1. The SMILES string of the molecule is CCS(=O)(=O)c1cc(C(=O)NC23CCCC(CC2)N3C)c(OC)cc1N. The van der Waals surface area contributed by atoms with Gasteiger partial charge in [-0.1, -0.05) is 6.92 Å². The Bertz CT molecular complexity index is 820. The zero-order valence-electron chi connectivity index (χ0n) is 15.5. The zero-order valence-corrected chi connectivity index (χ0v) is 16.4. The second kappa shape index (κ2) is 6.74. The molecule has 1 aromatic carbocycles. The van der Waals surface area contributed by atoms with Crippen LogP contribution in [-0.2, 0) is 9.84 Å². The molecule has 8 heteroatoms. The van der Waals surface area contributed by atoms with Crippen LogP contribution in [0, 0.1) is 0 Å². The number of nitrogen functional groups attached to an aromatic ring is 1. The van der Waals surface area contributed by atoms with Gasteiger partial charge in [-0.15, -0.1) is 0 Å². The first-order valence-corrected chi connectivity index (χ1v) is 10.6. The number of carbonyl (C=O) groups excluding carboxylic acids is 1. The molecule has 7 nitrogen and oxygen atoms in total. The van der Waals surface area contributed by atoms with Gasteiger partial charge in [-0.25, -0.2) is 8.42 Å². The molecule has 1 aromatic rings. The monoisotopic (exact) mass is 381 g/mol. The van der Waals surface area contributed by atoms with Crippen molar-refractivity contribution >= 4 is 21.4 Å². The number of rotatable bonds is 5. The molecule has 2 saturated heterocycles. The number of anilines is 1. The van der Waals surface area contributed by atoms with Crippen LogP contribution in [0.15, 0.2) is 17.0 Å². The summed E-state index contributed by atoms with van der Waals surface area (Å²) in [5.74, 6) is -0.137. The van der Waals surface area contributed by atoms with E-state index in [1.165, 1.54) is 19.2 Å². The van der Waals surface area contributed by atoms with Crippen molar-refractivity contribution in [2.45, 2.75) is 55.6 Å². The molecule has 2 atom stereocenters. The van der Waals surface area contributed by atoms with E-state index in [0.717, 1.165) is 32.1 Å². The molecule has 2 unspecified atom stereocenters. The highest BCUT2D eigenvalue weighted by Crippen LogP contribution is 2.41. The maximum absolute atomic E-state index is 13.0. The van der Waals surface area contributed by atoms with Crippen LogP contribution >= 0.6 is 0 Å². The predicted octanol–water partition coefficient (Wildman–Crippen LogP) is 1.78. The molecule has 0 saturated carbocycles. The number of hydrogen-bond acceptors (Lipinski definition) is 6. The van der Waals surface area contributed by atoms with Gasteiger partial charge in [-0.2, -0.15) is 0 Å². The maximum atomic E-state index is 13.0. The van der Waals surface area contributed by atoms with Crippen LogP contribution < -0.4 is 15.8 Å². The van der Waals surface area contributed by atoms with Gasteiger partial charge in [0.15, 0.2) is 9.84 Å². The van der Waals surface area contributed by atoms with Gasteiger partial charge in [0.1, 0.15) is 5.75 Å². The van der Waals surface area contributed by atoms with Gasteiger partial charge in [0, 0.05) is 12.1 Å². The molecule has 3 N–H and O–H groups in total. The first kappa shape index (κ1) is 19.0. The molecule has 3 rings (SSSR count). The van der Waals surface area contributed by atoms with Crippen molar-refractivity contribution in [3.8, 4) is 5.75 Å². The van der Waals surface area contributed by atoms with Crippen molar-refractivity contribution < 1.29 is 17.9 Å². The lowest BCUT2D eigenvalue weighted by atomic mass is 9.97. The lowest BCUT2D eigenvalue weighted by molar-refractivity contribution is 0.0435. The van der Waals surface area contributed by atoms with Gasteiger partial charge in [0.2, 0.25) is 0 Å². The van der Waals surface area contributed by atoms with E-state index in [1.807, 2.05) is 7.05 Å². The van der Waals surface area contributed by atoms with Crippen molar-refractivity contribution in [2.75, 3.05) is 25.6 Å². The number of methoxy groups -OCH3 is 1. The number of ether oxygens (including phenoxy) is 1. The van der Waals surface area contributed by atoms with E-state index in [1.54, 1.807) is 6.92 Å². The number of carbonyl (C=O) groups is 1. The zero-order chi connectivity index (χ0) is 19.1. The van der Waals surface area contributed by atoms with Crippen LogP contribution in [0.5, 0.6) is 5.75 Å². The highest BCUT2D eigenvalue weighted by molar-refractivity contribution is 7.91. The van der Waals surface area contributed by atoms with E-state index in [2.05, 4.69) is 10.2 Å². The summed E-state index contributed by atoms with van der Waals surface area (Å²) in [6.07, 6.45) is 5.08. The molecule has 144 valence electrons. The Balaban J connectivity index is 1.97. The normalized spacial score (nSPS) is 25.9. The Morgan fingerprint density at radius 2 is 2.12 bits per heavy atom. The third-order valence-electron chi connectivity index (χ3n) is 5.88. The van der Waals surface area contributed by atoms with E-state index in [0.29, 0.717) is 6.04 Å². The highest BCUT2D eigenvalue weighted by atomic mass is 32.2. The molecule has 2 aliphatic rings. The fourth-order valence-electron chi connectivity index (χ4n) is 4.23. The van der Waals surface area contributed by atoms with Gasteiger partial charge in [0.25, 0.3) is 5.91 Å². The van der Waals surface area contributed by atoms with Crippen LogP contribution in [0.2, 0.25) is 0 Å². The quantitative estimate of drug-likeness (QED) is 0.754. The Hall–Kier alpha value is -1.80. The summed E-state index contributed by atoms with van der Waals surface area (Å²) < 4.78 is 29.9. The minimum atomic E-state index is -3.54. The first-order chi connectivity index (χ1) is 12.2. The molecular formula is C18H27N3O4S. The molecule has 26 heavy (non-hydrogen) atoms. The van der Waals surface area contributed by atoms with Crippen molar-refractivity contribution in [3.63, 3.8) is 0 Å². The minimum Gasteiger partial charge on any atom is -0.496 e. The summed E-state index contributed by atoms with van der Waals surface area (Å²) in [4.78, 5) is 15.3. The Kier molecular flexibility index (Phi) is 4.92. The Morgan fingerprint density at radius 3 is 2.77 bits per heavy atom. The van der Waals surface area contributed by atoms with Crippen LogP contribution in [0.25, 0.3) is 0 Å². The number of hydrogen-bond donors (Lipinski definition) is 2. The lowest BCUT2D eigenvalue weighted by Crippen LogP contribution is -2.59. The molecule has 0 aliphatic carbocycles. The summed E-state index contributed by atoms with van der Waals surface area (Å²) >= 11 is 0. The lowest BCUT2D eigenvalue weighted by Gasteiger charge is -2.43. The Morgan fingerprint density at radius 1 is 1.38 bits per heavy atom. The second-order valence-electron chi connectivity index (χ2n) is 7.18. The molecule has 0 spiro atoms. The summed E-state index contributed by atoms with van der Waals surface area (Å²) in [6.45, 7) is 1.55. The maximum Gasteiger partial charge on any atom is 0.256 e. The number of fused-ring (bicyclic) bond motifs is 2. The number of nitrogens with zero attached hydrogens (tertiary/aromatic N) is 1. The molecule has 2 bridgehead atoms. The highest BCUT2D eigenvalue weighted by Gasteiger charge is 2.47. The molecule has 1 amide bonds. The van der Waals surface area contributed by atoms with Gasteiger partial charge in [0.05, 0.1) is 34.7 Å². The molecule has 0 radical (unpaired) electrons. The predicted molar refractivity (Wildman–Crippen MR) is 100.0 cm³/mol. The second-order valence-corrected chi connectivity index (χ2v) is 9.42. The van der Waals surface area contributed by atoms with E-state index < -0.39 is 9.84 Å². The third kappa shape index (κ3) is 3.05. The van der Waals surface area contributed by atoms with Gasteiger partial charge >= 0.3 is 0 Å². The van der Waals surface area contributed by atoms with Crippen LogP contribution in [0.1, 0.15) is 49.4 Å². The number of benzene rings is 1. The standard InChI is InChI=1S/C18H27N3O4S/c1-4-26(23,24)16-10-13(15(25-3)11-14(16)19)17(22)20-18-8-5-6-12(7-9-18)21(18)2/h10-12H,4-9,19H2,1-3H3,(H,20,22).